The average molecular weight is 417 g/mol. The summed E-state index contributed by atoms with van der Waals surface area (Å²) in [6.45, 7) is 14.4. The zero-order valence-electron chi connectivity index (χ0n) is 18.7. The normalized spacial score (nSPS) is 20.2. The van der Waals surface area contributed by atoms with Crippen molar-refractivity contribution in [3.63, 3.8) is 0 Å². The molecule has 0 aliphatic carbocycles. The Morgan fingerprint density at radius 3 is 2.57 bits per heavy atom. The van der Waals surface area contributed by atoms with Gasteiger partial charge in [-0.25, -0.2) is 4.68 Å². The topological polar surface area (TPSA) is 70.9 Å². The Balaban J connectivity index is 1.99. The number of rotatable bonds is 10. The second-order valence-corrected chi connectivity index (χ2v) is 8.36. The van der Waals surface area contributed by atoms with Crippen LogP contribution in [0, 0.1) is 5.92 Å². The quantitative estimate of drug-likeness (QED) is 0.525. The number of methoxy groups -OCH3 is 2. The minimum absolute atomic E-state index is 0.0116. The Morgan fingerprint density at radius 2 is 1.93 bits per heavy atom. The number of benzene rings is 1. The van der Waals surface area contributed by atoms with Crippen LogP contribution in [0.25, 0.3) is 0 Å². The van der Waals surface area contributed by atoms with Crippen LogP contribution < -0.4 is 19.3 Å². The molecule has 1 atom stereocenters. The van der Waals surface area contributed by atoms with Gasteiger partial charge in [0.25, 0.3) is 0 Å². The summed E-state index contributed by atoms with van der Waals surface area (Å²) >= 11 is 0. The molecule has 8 nitrogen and oxygen atoms in total. The van der Waals surface area contributed by atoms with E-state index in [1.807, 2.05) is 22.9 Å². The van der Waals surface area contributed by atoms with Crippen LogP contribution in [0.3, 0.4) is 0 Å². The largest absolute Gasteiger partial charge is 0.493 e. The lowest BCUT2D eigenvalue weighted by Crippen LogP contribution is -3.28. The predicted octanol–water partition coefficient (Wildman–Crippen LogP) is -0.205. The van der Waals surface area contributed by atoms with Crippen molar-refractivity contribution in [2.45, 2.75) is 32.9 Å². The number of hydrogen-bond acceptors (Lipinski definition) is 5. The number of piperazine rings is 1. The molecule has 1 fully saturated rings. The molecule has 1 aromatic carbocycles. The highest BCUT2D eigenvalue weighted by Gasteiger charge is 2.37. The van der Waals surface area contributed by atoms with Crippen LogP contribution in [0.4, 0.5) is 0 Å². The molecule has 2 N–H and O–H groups in total. The van der Waals surface area contributed by atoms with Gasteiger partial charge in [0.1, 0.15) is 26.2 Å². The molecular weight excluding hydrogens is 380 g/mol. The Kier molecular flexibility index (Phi) is 7.81. The number of nitrogens with zero attached hydrogens (tertiary/aromatic N) is 4. The molecule has 1 saturated heterocycles. The molecule has 1 aliphatic rings. The lowest BCUT2D eigenvalue weighted by atomic mass is 10.0. The SMILES string of the molecule is C=CC[NH+]1CC[NH+]([C@H](c2cccc(OC)c2OC)c2nnnn2CCC(C)C)CC1. The molecule has 0 saturated carbocycles. The molecule has 164 valence electrons. The third-order valence-corrected chi connectivity index (χ3v) is 5.92. The maximum absolute atomic E-state index is 5.80. The predicted molar refractivity (Wildman–Crippen MR) is 115 cm³/mol. The molecule has 0 bridgehead atoms. The summed E-state index contributed by atoms with van der Waals surface area (Å²) in [5.74, 6) is 2.97. The van der Waals surface area contributed by atoms with E-state index >= 15 is 0 Å². The van der Waals surface area contributed by atoms with Gasteiger partial charge in [-0.2, -0.15) is 0 Å². The van der Waals surface area contributed by atoms with Crippen LogP contribution >= 0.6 is 0 Å². The fourth-order valence-electron chi connectivity index (χ4n) is 4.26. The zero-order chi connectivity index (χ0) is 21.5. The van der Waals surface area contributed by atoms with Gasteiger partial charge in [0.05, 0.1) is 26.3 Å². The minimum atomic E-state index is -0.0116. The van der Waals surface area contributed by atoms with E-state index < -0.39 is 0 Å². The standard InChI is InChI=1S/C22H34N6O2/c1-6-11-26-13-15-27(16-14-26)20(18-8-7-9-19(29-4)21(18)30-5)22-23-24-25-28(22)12-10-17(2)3/h6-9,17,20H,1,10-16H2,2-5H3/p+2/t20-/m1/s1. The van der Waals surface area contributed by atoms with Gasteiger partial charge in [-0.05, 0) is 41.0 Å². The first-order valence-corrected chi connectivity index (χ1v) is 10.8. The van der Waals surface area contributed by atoms with Gasteiger partial charge in [0, 0.05) is 6.54 Å². The molecule has 2 heterocycles. The van der Waals surface area contributed by atoms with E-state index in [1.165, 1.54) is 4.90 Å². The number of quaternary nitrogens is 2. The van der Waals surface area contributed by atoms with Crippen molar-refractivity contribution in [3.8, 4) is 11.5 Å². The van der Waals surface area contributed by atoms with Crippen LogP contribution in [-0.2, 0) is 6.54 Å². The van der Waals surface area contributed by atoms with E-state index in [4.69, 9.17) is 9.47 Å². The van der Waals surface area contributed by atoms with E-state index in [0.717, 1.165) is 68.6 Å². The summed E-state index contributed by atoms with van der Waals surface area (Å²) < 4.78 is 13.4. The fraction of sp³-hybridized carbons (Fsp3) is 0.591. The van der Waals surface area contributed by atoms with Gasteiger partial charge in [-0.1, -0.05) is 26.5 Å². The van der Waals surface area contributed by atoms with Crippen molar-refractivity contribution in [2.24, 2.45) is 5.92 Å². The van der Waals surface area contributed by atoms with Crippen LogP contribution in [-0.4, -0.2) is 67.2 Å². The minimum Gasteiger partial charge on any atom is -0.493 e. The summed E-state index contributed by atoms with van der Waals surface area (Å²) in [5.41, 5.74) is 1.07. The Morgan fingerprint density at radius 1 is 1.17 bits per heavy atom. The van der Waals surface area contributed by atoms with Crippen LogP contribution in [0.1, 0.15) is 37.7 Å². The zero-order valence-corrected chi connectivity index (χ0v) is 18.7. The summed E-state index contributed by atoms with van der Waals surface area (Å²) in [7, 11) is 3.37. The Labute approximate surface area is 179 Å². The van der Waals surface area contributed by atoms with Crippen molar-refractivity contribution in [1.29, 1.82) is 0 Å². The smallest absolute Gasteiger partial charge is 0.214 e. The summed E-state index contributed by atoms with van der Waals surface area (Å²) in [4.78, 5) is 3.03. The summed E-state index contributed by atoms with van der Waals surface area (Å²) in [5, 5.41) is 12.9. The molecule has 2 aromatic rings. The molecule has 0 radical (unpaired) electrons. The molecule has 1 aromatic heterocycles. The maximum atomic E-state index is 5.80. The van der Waals surface area contributed by atoms with Crippen LogP contribution in [0.5, 0.6) is 11.5 Å². The lowest BCUT2D eigenvalue weighted by Gasteiger charge is -2.34. The number of nitrogens with one attached hydrogen (secondary N) is 2. The van der Waals surface area contributed by atoms with E-state index in [9.17, 15) is 0 Å². The molecule has 8 heteroatoms. The molecule has 1 aliphatic heterocycles. The first-order valence-electron chi connectivity index (χ1n) is 10.8. The number of ether oxygens (including phenoxy) is 2. The third kappa shape index (κ3) is 4.99. The van der Waals surface area contributed by atoms with E-state index in [0.29, 0.717) is 5.92 Å². The third-order valence-electron chi connectivity index (χ3n) is 5.92. The Hall–Kier alpha value is -2.45. The number of tetrazole rings is 1. The Bertz CT molecular complexity index is 814. The monoisotopic (exact) mass is 416 g/mol. The molecule has 0 spiro atoms. The summed E-state index contributed by atoms with van der Waals surface area (Å²) in [6, 6.07) is 6.05. The van der Waals surface area contributed by atoms with Gasteiger partial charge in [0.15, 0.2) is 17.5 Å². The van der Waals surface area contributed by atoms with Gasteiger partial charge < -0.3 is 19.3 Å². The van der Waals surface area contributed by atoms with Crippen molar-refractivity contribution in [2.75, 3.05) is 46.9 Å². The van der Waals surface area contributed by atoms with E-state index in [2.05, 4.69) is 42.0 Å². The molecular formula is C22H36N6O2+2. The van der Waals surface area contributed by atoms with Crippen LogP contribution in [0.15, 0.2) is 30.9 Å². The van der Waals surface area contributed by atoms with Crippen LogP contribution in [0.2, 0.25) is 0 Å². The van der Waals surface area contributed by atoms with Gasteiger partial charge in [-0.3, -0.25) is 0 Å². The highest BCUT2D eigenvalue weighted by Crippen LogP contribution is 2.35. The second-order valence-electron chi connectivity index (χ2n) is 8.36. The van der Waals surface area contributed by atoms with E-state index in [-0.39, 0.29) is 6.04 Å². The summed E-state index contributed by atoms with van der Waals surface area (Å²) in [6.07, 6.45) is 3.04. The van der Waals surface area contributed by atoms with Crippen molar-refractivity contribution in [1.82, 2.24) is 20.2 Å². The van der Waals surface area contributed by atoms with Crippen molar-refractivity contribution < 1.29 is 19.3 Å². The number of para-hydroxylation sites is 1. The molecule has 0 amide bonds. The molecule has 3 rings (SSSR count). The van der Waals surface area contributed by atoms with Gasteiger partial charge in [-0.15, -0.1) is 5.10 Å². The fourth-order valence-corrected chi connectivity index (χ4v) is 4.26. The highest BCUT2D eigenvalue weighted by molar-refractivity contribution is 5.48. The van der Waals surface area contributed by atoms with Crippen molar-refractivity contribution in [3.05, 3.63) is 42.2 Å². The van der Waals surface area contributed by atoms with Crippen molar-refractivity contribution >= 4 is 0 Å². The lowest BCUT2D eigenvalue weighted by molar-refractivity contribution is -1.02. The first-order chi connectivity index (χ1) is 14.6. The number of aryl methyl sites for hydroxylation is 1. The van der Waals surface area contributed by atoms with Gasteiger partial charge in [0.2, 0.25) is 5.82 Å². The second kappa shape index (κ2) is 10.5. The number of hydrogen-bond donors (Lipinski definition) is 2. The molecule has 0 unspecified atom stereocenters. The van der Waals surface area contributed by atoms with E-state index in [1.54, 1.807) is 19.1 Å². The highest BCUT2D eigenvalue weighted by atomic mass is 16.5. The molecule has 30 heavy (non-hydrogen) atoms. The first kappa shape index (κ1) is 22.2. The van der Waals surface area contributed by atoms with Gasteiger partial charge >= 0.3 is 0 Å². The maximum Gasteiger partial charge on any atom is 0.214 e. The average Bonchev–Trinajstić information content (AvgIpc) is 3.21. The number of aromatic nitrogens is 4.